The van der Waals surface area contributed by atoms with E-state index in [1.54, 1.807) is 42.6 Å². The molecule has 170 valence electrons. The minimum absolute atomic E-state index is 0.125. The minimum atomic E-state index is -3.85. The van der Waals surface area contributed by atoms with Gasteiger partial charge in [0.25, 0.3) is 0 Å². The molecule has 0 amide bonds. The van der Waals surface area contributed by atoms with E-state index in [9.17, 15) is 16.8 Å². The third-order valence-electron chi connectivity index (χ3n) is 5.30. The fraction of sp³-hybridized carbons (Fsp3) is 0.292. The van der Waals surface area contributed by atoms with E-state index >= 15 is 0 Å². The van der Waals surface area contributed by atoms with E-state index in [2.05, 4.69) is 9.71 Å². The molecule has 1 N–H and O–H groups in total. The van der Waals surface area contributed by atoms with Crippen molar-refractivity contribution in [2.24, 2.45) is 0 Å². The van der Waals surface area contributed by atoms with Crippen LogP contribution in [0, 0.1) is 0 Å². The Morgan fingerprint density at radius 1 is 0.844 bits per heavy atom. The van der Waals surface area contributed by atoms with Crippen molar-refractivity contribution in [2.75, 3.05) is 12.3 Å². The van der Waals surface area contributed by atoms with Gasteiger partial charge >= 0.3 is 0 Å². The first-order chi connectivity index (χ1) is 15.2. The Hall–Kier alpha value is -2.55. The summed E-state index contributed by atoms with van der Waals surface area (Å²) in [4.78, 5) is 4.18. The number of sulfone groups is 1. The SMILES string of the molecule is CC(C)c1ccc(S(=O)(=O)C(CNS(=O)(=O)CCc2ccccc2)c2cccnc2)cc1. The average Bonchev–Trinajstić information content (AvgIpc) is 2.79. The predicted molar refractivity (Wildman–Crippen MR) is 127 cm³/mol. The largest absolute Gasteiger partial charge is 0.264 e. The zero-order valence-electron chi connectivity index (χ0n) is 18.2. The highest BCUT2D eigenvalue weighted by atomic mass is 32.2. The van der Waals surface area contributed by atoms with Crippen LogP contribution in [-0.2, 0) is 26.3 Å². The third kappa shape index (κ3) is 6.25. The van der Waals surface area contributed by atoms with Crippen LogP contribution in [0.25, 0.3) is 0 Å². The summed E-state index contributed by atoms with van der Waals surface area (Å²) in [5.74, 6) is 0.150. The van der Waals surface area contributed by atoms with Crippen LogP contribution in [0.5, 0.6) is 0 Å². The molecule has 0 fully saturated rings. The van der Waals surface area contributed by atoms with E-state index in [1.807, 2.05) is 44.2 Å². The first-order valence-electron chi connectivity index (χ1n) is 10.4. The molecule has 2 aromatic carbocycles. The van der Waals surface area contributed by atoms with Gasteiger partial charge in [-0.3, -0.25) is 4.98 Å². The van der Waals surface area contributed by atoms with Crippen molar-refractivity contribution >= 4 is 19.9 Å². The van der Waals surface area contributed by atoms with Gasteiger partial charge in [-0.05, 0) is 47.2 Å². The van der Waals surface area contributed by atoms with Gasteiger partial charge in [0.15, 0.2) is 9.84 Å². The molecule has 0 aliphatic carbocycles. The summed E-state index contributed by atoms with van der Waals surface area (Å²) in [6.45, 7) is 3.80. The molecule has 0 bridgehead atoms. The molecule has 0 radical (unpaired) electrons. The zero-order valence-corrected chi connectivity index (χ0v) is 19.8. The van der Waals surface area contributed by atoms with Crippen molar-refractivity contribution in [3.8, 4) is 0 Å². The second-order valence-corrected chi connectivity index (χ2v) is 12.0. The van der Waals surface area contributed by atoms with Gasteiger partial charge < -0.3 is 0 Å². The van der Waals surface area contributed by atoms with Crippen molar-refractivity contribution in [2.45, 2.75) is 36.3 Å². The number of aryl methyl sites for hydroxylation is 1. The van der Waals surface area contributed by atoms with Crippen LogP contribution in [0.2, 0.25) is 0 Å². The first-order valence-corrected chi connectivity index (χ1v) is 13.6. The molecule has 32 heavy (non-hydrogen) atoms. The molecule has 3 aromatic rings. The number of nitrogens with zero attached hydrogens (tertiary/aromatic N) is 1. The first kappa shape index (κ1) is 24.1. The molecule has 1 atom stereocenters. The standard InChI is InChI=1S/C24H28N2O4S2/c1-19(2)21-10-12-23(13-11-21)32(29,30)24(22-9-6-15-25-17-22)18-26-31(27,28)16-14-20-7-4-3-5-8-20/h3-13,15,17,19,24,26H,14,16,18H2,1-2H3. The second kappa shape index (κ2) is 10.4. The summed E-state index contributed by atoms with van der Waals surface area (Å²) in [7, 11) is -7.53. The quantitative estimate of drug-likeness (QED) is 0.483. The van der Waals surface area contributed by atoms with Gasteiger partial charge in [-0.25, -0.2) is 21.6 Å². The lowest BCUT2D eigenvalue weighted by atomic mass is 10.0. The van der Waals surface area contributed by atoms with Crippen molar-refractivity contribution in [3.63, 3.8) is 0 Å². The smallest absolute Gasteiger partial charge is 0.211 e. The van der Waals surface area contributed by atoms with Crippen LogP contribution >= 0.6 is 0 Å². The average molecular weight is 473 g/mol. The van der Waals surface area contributed by atoms with Crippen molar-refractivity contribution in [1.29, 1.82) is 0 Å². The van der Waals surface area contributed by atoms with Gasteiger partial charge in [0.1, 0.15) is 5.25 Å². The van der Waals surface area contributed by atoms with E-state index < -0.39 is 25.1 Å². The van der Waals surface area contributed by atoms with E-state index in [-0.39, 0.29) is 23.1 Å². The third-order valence-corrected chi connectivity index (χ3v) is 8.76. The minimum Gasteiger partial charge on any atom is -0.264 e. The van der Waals surface area contributed by atoms with Crippen LogP contribution in [0.1, 0.15) is 41.7 Å². The monoisotopic (exact) mass is 472 g/mol. The van der Waals surface area contributed by atoms with Gasteiger partial charge in [-0.15, -0.1) is 0 Å². The normalized spacial score (nSPS) is 13.2. The molecular weight excluding hydrogens is 444 g/mol. The number of pyridine rings is 1. The fourth-order valence-corrected chi connectivity index (χ4v) is 6.17. The summed E-state index contributed by atoms with van der Waals surface area (Å²) in [5, 5.41) is -1.09. The van der Waals surface area contributed by atoms with Crippen LogP contribution in [-0.4, -0.2) is 34.1 Å². The topological polar surface area (TPSA) is 93.2 Å². The van der Waals surface area contributed by atoms with Gasteiger partial charge in [0.2, 0.25) is 10.0 Å². The molecule has 1 heterocycles. The summed E-state index contributed by atoms with van der Waals surface area (Å²) < 4.78 is 54.6. The van der Waals surface area contributed by atoms with Gasteiger partial charge in [0.05, 0.1) is 10.6 Å². The molecule has 0 aliphatic rings. The molecule has 1 unspecified atom stereocenters. The molecule has 6 nitrogen and oxygen atoms in total. The van der Waals surface area contributed by atoms with Gasteiger partial charge in [0, 0.05) is 18.9 Å². The van der Waals surface area contributed by atoms with E-state index in [0.29, 0.717) is 12.0 Å². The maximum atomic E-state index is 13.4. The highest BCUT2D eigenvalue weighted by Gasteiger charge is 2.30. The highest BCUT2D eigenvalue weighted by molar-refractivity contribution is 7.92. The Balaban J connectivity index is 1.82. The van der Waals surface area contributed by atoms with Gasteiger partial charge in [-0.1, -0.05) is 62.4 Å². The lowest BCUT2D eigenvalue weighted by molar-refractivity contribution is 0.568. The van der Waals surface area contributed by atoms with Crippen LogP contribution in [0.3, 0.4) is 0 Å². The van der Waals surface area contributed by atoms with Crippen LogP contribution < -0.4 is 4.72 Å². The lowest BCUT2D eigenvalue weighted by Gasteiger charge is -2.19. The number of nitrogens with one attached hydrogen (secondary N) is 1. The Morgan fingerprint density at radius 3 is 2.12 bits per heavy atom. The molecule has 0 spiro atoms. The molecule has 0 saturated heterocycles. The molecule has 3 rings (SSSR count). The molecule has 1 aromatic heterocycles. The van der Waals surface area contributed by atoms with Crippen molar-refractivity contribution < 1.29 is 16.8 Å². The van der Waals surface area contributed by atoms with Crippen molar-refractivity contribution in [3.05, 3.63) is 95.8 Å². The van der Waals surface area contributed by atoms with E-state index in [4.69, 9.17) is 0 Å². The van der Waals surface area contributed by atoms with Crippen LogP contribution in [0.4, 0.5) is 0 Å². The summed E-state index contributed by atoms with van der Waals surface area (Å²) in [5.41, 5.74) is 2.37. The lowest BCUT2D eigenvalue weighted by Crippen LogP contribution is -2.34. The zero-order chi connectivity index (χ0) is 23.2. The Kier molecular flexibility index (Phi) is 7.82. The van der Waals surface area contributed by atoms with Crippen LogP contribution in [0.15, 0.2) is 84.0 Å². The van der Waals surface area contributed by atoms with Crippen molar-refractivity contribution in [1.82, 2.24) is 9.71 Å². The summed E-state index contributed by atoms with van der Waals surface area (Å²) >= 11 is 0. The molecular formula is C24H28N2O4S2. The number of hydrogen-bond acceptors (Lipinski definition) is 5. The molecule has 0 saturated carbocycles. The number of benzene rings is 2. The summed E-state index contributed by atoms with van der Waals surface area (Å²) in [6, 6.07) is 19.3. The number of sulfonamides is 1. The highest BCUT2D eigenvalue weighted by Crippen LogP contribution is 2.29. The molecule has 8 heteroatoms. The van der Waals surface area contributed by atoms with E-state index in [0.717, 1.165) is 11.1 Å². The fourth-order valence-electron chi connectivity index (χ4n) is 3.35. The maximum Gasteiger partial charge on any atom is 0.211 e. The Bertz CT molecular complexity index is 1210. The number of aromatic nitrogens is 1. The second-order valence-electron chi connectivity index (χ2n) is 7.95. The predicted octanol–water partition coefficient (Wildman–Crippen LogP) is 3.88. The molecule has 0 aliphatic heterocycles. The van der Waals surface area contributed by atoms with E-state index in [1.165, 1.54) is 6.20 Å². The van der Waals surface area contributed by atoms with Gasteiger partial charge in [-0.2, -0.15) is 0 Å². The number of rotatable bonds is 10. The Morgan fingerprint density at radius 2 is 1.53 bits per heavy atom. The Labute approximate surface area is 190 Å². The number of hydrogen-bond donors (Lipinski definition) is 1. The maximum absolute atomic E-state index is 13.4. The summed E-state index contributed by atoms with van der Waals surface area (Å²) in [6.07, 6.45) is 3.36.